The zero-order chi connectivity index (χ0) is 89.0. The maximum absolute atomic E-state index is 15.2. The molecule has 0 bridgehead atoms. The first-order valence-electron chi connectivity index (χ1n) is 41.2. The van der Waals surface area contributed by atoms with Crippen molar-refractivity contribution in [3.63, 3.8) is 0 Å². The predicted molar refractivity (Wildman–Crippen MR) is 479 cm³/mol. The number of hydrogen-bond donors (Lipinski definition) is 0. The van der Waals surface area contributed by atoms with Gasteiger partial charge in [-0.2, -0.15) is 20.6 Å². The van der Waals surface area contributed by atoms with Crippen LogP contribution in [0.3, 0.4) is 0 Å². The number of rotatable bonds is 16. The molecule has 25 nitrogen and oxygen atoms in total. The number of hydrogen-bond acceptors (Lipinski definition) is 19. The molecule has 5 saturated heterocycles. The number of thioether (sulfide) groups is 2. The van der Waals surface area contributed by atoms with Gasteiger partial charge in [0.25, 0.3) is 11.1 Å². The highest BCUT2D eigenvalue weighted by Crippen LogP contribution is 2.53. The molecule has 5 fully saturated rings. The van der Waals surface area contributed by atoms with E-state index in [1.165, 1.54) is 66.0 Å². The van der Waals surface area contributed by atoms with Gasteiger partial charge in [0.1, 0.15) is 70.8 Å². The van der Waals surface area contributed by atoms with Crippen LogP contribution >= 0.6 is 58.3 Å². The first kappa shape index (κ1) is 87.9. The van der Waals surface area contributed by atoms with Gasteiger partial charge in [-0.25, -0.2) is 33.3 Å². The van der Waals surface area contributed by atoms with Gasteiger partial charge in [-0.1, -0.05) is 72.7 Å². The van der Waals surface area contributed by atoms with E-state index in [-0.39, 0.29) is 119 Å². The van der Waals surface area contributed by atoms with E-state index in [0.717, 1.165) is 50.8 Å². The summed E-state index contributed by atoms with van der Waals surface area (Å²) in [5.74, 6) is -2.23. The Hall–Kier alpha value is -11.5. The largest absolute Gasteiger partial charge is 0.488 e. The molecule has 0 aliphatic carbocycles. The number of likely N-dealkylation sites (tertiary alicyclic amines) is 1. The highest BCUT2D eigenvalue weighted by molar-refractivity contribution is 8.00. The molecule has 12 heterocycles. The lowest BCUT2D eigenvalue weighted by atomic mass is 9.98. The van der Waals surface area contributed by atoms with Crippen LogP contribution in [0, 0.1) is 58.3 Å². The van der Waals surface area contributed by atoms with Gasteiger partial charge in [0, 0.05) is 192 Å². The second kappa shape index (κ2) is 36.8. The van der Waals surface area contributed by atoms with Gasteiger partial charge in [0.2, 0.25) is 24.3 Å². The molecule has 126 heavy (non-hydrogen) atoms. The van der Waals surface area contributed by atoms with Crippen LogP contribution in [-0.4, -0.2) is 224 Å². The summed E-state index contributed by atoms with van der Waals surface area (Å²) < 4.78 is 91.7. The normalized spacial score (nSPS) is 20.4. The first-order chi connectivity index (χ1) is 60.8. The lowest BCUT2D eigenvalue weighted by Gasteiger charge is -2.45. The molecule has 3 amide bonds. The zero-order valence-corrected chi connectivity index (χ0v) is 72.8. The molecule has 8 aliphatic rings. The standard InChI is InChI=1S/C31H24ClF2N7O2S.C31H30ClF2N5O3S.C29H31ClFN5O3/c1-3-26(42)40-10-9-38(15-19(40)14-36-2)28-22-12-24(32)27(21-6-5-18(33)11-25(21)34)30-29(22)41(31(43)23(28)13-35)20(17-44-30)16-39-8-4-7-37-39;1-3-26(40)37-6-7-38(18(2)15-37)28-22-13-24(32)27(21-5-4-19(33)12-25(21)34)30-29(22)39(31(41)23(28)14-35)20(17-43-30)16-36-8-10-42-11-9-36;1-4-24(37)34-13-17(2)35(18(3)14-34)28-21-12-22(30)25(20-8-5-6-9-23(20)31)27-26(21)36(29(38)32-28)19(16-39-27)15-33-10-7-11-33/h3-8,11-12,19-20H,1,9-10,14-17H2;3-5,12-13,18,20H,1,6-11,15-17H2,2H3;4-6,8-9,12,17-19H,1,7,10-11,13-16H2,2-3H3/t19-,20?;18-,20?;17-,18-,19?/m000/s1. The summed E-state index contributed by atoms with van der Waals surface area (Å²) in [6.07, 6.45) is 8.35. The number of carbonyl (C=O) groups excluding carboxylic acids is 3. The van der Waals surface area contributed by atoms with Crippen LogP contribution in [0.25, 0.3) is 70.9 Å². The number of benzene rings is 6. The molecule has 0 saturated carbocycles. The highest BCUT2D eigenvalue weighted by Gasteiger charge is 2.43. The first-order valence-corrected chi connectivity index (χ1v) is 44.3. The molecule has 10 aromatic rings. The van der Waals surface area contributed by atoms with Gasteiger partial charge in [0.15, 0.2) is 5.75 Å². The minimum absolute atomic E-state index is 0.00412. The molecule has 4 aromatic heterocycles. The minimum Gasteiger partial charge on any atom is -0.488 e. The van der Waals surface area contributed by atoms with Crippen LogP contribution in [-0.2, 0) is 25.7 Å². The molecule has 0 radical (unpaired) electrons. The number of piperazine rings is 3. The fourth-order valence-electron chi connectivity index (χ4n) is 18.7. The molecule has 0 N–H and O–H groups in total. The number of carbonyl (C=O) groups is 3. The Kier molecular flexibility index (Phi) is 25.7. The number of ether oxygens (including phenoxy) is 2. The van der Waals surface area contributed by atoms with Gasteiger partial charge in [0.05, 0.1) is 80.9 Å². The van der Waals surface area contributed by atoms with Gasteiger partial charge < -0.3 is 57.8 Å². The third kappa shape index (κ3) is 16.3. The van der Waals surface area contributed by atoms with Crippen LogP contribution in [0.2, 0.25) is 15.1 Å². The van der Waals surface area contributed by atoms with Crippen LogP contribution in [0.1, 0.15) is 56.4 Å². The second-order valence-electron chi connectivity index (χ2n) is 32.2. The Balaban J connectivity index is 0.000000139. The molecule has 6 aromatic carbocycles. The van der Waals surface area contributed by atoms with E-state index in [0.29, 0.717) is 170 Å². The molecule has 650 valence electrons. The number of amides is 3. The maximum atomic E-state index is 15.2. The monoisotopic (exact) mass is 1810 g/mol. The van der Waals surface area contributed by atoms with Crippen molar-refractivity contribution >= 4 is 126 Å². The van der Waals surface area contributed by atoms with Crippen molar-refractivity contribution in [2.75, 3.05) is 144 Å². The van der Waals surface area contributed by atoms with E-state index in [9.17, 15) is 48.1 Å². The number of aromatic nitrogens is 6. The summed E-state index contributed by atoms with van der Waals surface area (Å²) in [5.41, 5.74) is 2.71. The molecule has 18 rings (SSSR count). The Morgan fingerprint density at radius 2 is 1.13 bits per heavy atom. The van der Waals surface area contributed by atoms with Gasteiger partial charge >= 0.3 is 5.69 Å². The number of halogens is 8. The molecule has 35 heteroatoms. The molecular formula is C91H85Cl3F5N17O8S2. The number of anilines is 3. The van der Waals surface area contributed by atoms with Gasteiger partial charge in [-0.3, -0.25) is 38.1 Å². The van der Waals surface area contributed by atoms with Crippen molar-refractivity contribution in [1.82, 2.24) is 53.0 Å². The lowest BCUT2D eigenvalue weighted by Crippen LogP contribution is -2.58. The van der Waals surface area contributed by atoms with Crippen LogP contribution in [0.4, 0.5) is 39.1 Å². The van der Waals surface area contributed by atoms with E-state index in [1.54, 1.807) is 87.9 Å². The zero-order valence-electron chi connectivity index (χ0n) is 68.9. The number of nitrogens with zero attached hydrogens (tertiary/aromatic N) is 17. The third-order valence-electron chi connectivity index (χ3n) is 24.5. The van der Waals surface area contributed by atoms with Crippen molar-refractivity contribution in [3.8, 4) is 51.3 Å². The molecule has 0 spiro atoms. The summed E-state index contributed by atoms with van der Waals surface area (Å²) in [5, 5.41) is 27.6. The number of morpholine rings is 1. The molecule has 3 unspecified atom stereocenters. The summed E-state index contributed by atoms with van der Waals surface area (Å²) >= 11 is 23.6. The van der Waals surface area contributed by atoms with Crippen molar-refractivity contribution in [2.24, 2.45) is 0 Å². The Morgan fingerprint density at radius 3 is 1.69 bits per heavy atom. The fourth-order valence-corrected chi connectivity index (χ4v) is 22.4. The summed E-state index contributed by atoms with van der Waals surface area (Å²) in [6.45, 7) is 33.5. The van der Waals surface area contributed by atoms with Crippen molar-refractivity contribution in [1.29, 1.82) is 10.5 Å². The molecule has 8 aliphatic heterocycles. The van der Waals surface area contributed by atoms with Crippen LogP contribution in [0.15, 0.2) is 159 Å². The van der Waals surface area contributed by atoms with Crippen molar-refractivity contribution in [3.05, 3.63) is 233 Å². The highest BCUT2D eigenvalue weighted by atomic mass is 35.5. The fraction of sp³-hybridized carbons (Fsp3) is 0.352. The van der Waals surface area contributed by atoms with E-state index < -0.39 is 52.3 Å². The van der Waals surface area contributed by atoms with Gasteiger partial charge in [-0.15, -0.1) is 23.5 Å². The van der Waals surface area contributed by atoms with Crippen LogP contribution in [0.5, 0.6) is 5.75 Å². The Labute approximate surface area is 745 Å². The molecule has 7 atom stereocenters. The van der Waals surface area contributed by atoms with Crippen molar-refractivity contribution in [2.45, 2.75) is 85.8 Å². The van der Waals surface area contributed by atoms with E-state index >= 15 is 13.2 Å². The van der Waals surface area contributed by atoms with Crippen LogP contribution < -0.4 is 36.2 Å². The summed E-state index contributed by atoms with van der Waals surface area (Å²) in [4.78, 5) is 104. The second-order valence-corrected chi connectivity index (χ2v) is 35.4. The van der Waals surface area contributed by atoms with E-state index in [2.05, 4.69) is 61.5 Å². The summed E-state index contributed by atoms with van der Waals surface area (Å²) in [7, 11) is 0. The average Bonchev–Trinajstić information content (AvgIpc) is 0.840. The van der Waals surface area contributed by atoms with Gasteiger partial charge in [-0.05, 0) is 113 Å². The Bertz CT molecular complexity index is 6440. The van der Waals surface area contributed by atoms with E-state index in [1.807, 2.05) is 30.6 Å². The smallest absolute Gasteiger partial charge is 0.350 e. The SMILES string of the molecule is C=CC(=O)N1CCN(c2c(C#N)c(=O)n3c4c(c(-c5ccc(F)cc5F)c(Cl)cc24)SCC3CN2CCOCC2)[C@@H](C)C1.C=CC(=O)N1C[C@H](C)N(c2nc(=O)n3c4c(c(-c5ccccc5F)c(Cl)cc24)OCC3CN2CCC2)[C@@H](C)C1.[C-]#[N+]C[C@H]1CN(c2c(C#N)c(=O)n3c4c(c(-c5ccc(F)cc5F)c(Cl)cc24)SCC3Cn2cccn2)CCN1C(=O)C=C. The maximum Gasteiger partial charge on any atom is 0.350 e. The quantitative estimate of drug-likeness (QED) is 0.0496. The van der Waals surface area contributed by atoms with Crippen molar-refractivity contribution < 1.29 is 45.8 Å². The number of nitriles is 2. The third-order valence-corrected chi connectivity index (χ3v) is 27.9. The van der Waals surface area contributed by atoms with E-state index in [4.69, 9.17) is 50.8 Å². The topological polar surface area (TPSA) is 244 Å². The minimum atomic E-state index is -0.797. The predicted octanol–water partition coefficient (Wildman–Crippen LogP) is 13.9. The average molecular weight is 1810 g/mol. The number of pyridine rings is 2. The lowest BCUT2D eigenvalue weighted by molar-refractivity contribution is -0.128. The molecular weight excluding hydrogens is 1720 g/mol. The Morgan fingerprint density at radius 1 is 0.587 bits per heavy atom. The summed E-state index contributed by atoms with van der Waals surface area (Å²) in [6, 6.07) is 22.3.